The highest BCUT2D eigenvalue weighted by molar-refractivity contribution is 7.99. The lowest BCUT2D eigenvalue weighted by molar-refractivity contribution is -0.118. The van der Waals surface area contributed by atoms with Crippen molar-refractivity contribution in [2.24, 2.45) is 5.10 Å². The summed E-state index contributed by atoms with van der Waals surface area (Å²) in [7, 11) is 0. The van der Waals surface area contributed by atoms with E-state index in [2.05, 4.69) is 20.7 Å². The molecular weight excluding hydrogens is 477 g/mol. The van der Waals surface area contributed by atoms with Gasteiger partial charge in [0.25, 0.3) is 5.91 Å². The van der Waals surface area contributed by atoms with Crippen molar-refractivity contribution in [3.8, 4) is 17.1 Å². The number of aromatic nitrogens is 3. The molecule has 1 aromatic heterocycles. The average molecular weight is 496 g/mol. The minimum absolute atomic E-state index is 0.123. The first-order chi connectivity index (χ1) is 16.0. The molecule has 0 bridgehead atoms. The molecule has 0 atom stereocenters. The average Bonchev–Trinajstić information content (AvgIpc) is 3.26. The Kier molecular flexibility index (Phi) is 7.44. The van der Waals surface area contributed by atoms with Crippen LogP contribution in [0.5, 0.6) is 0 Å². The van der Waals surface area contributed by atoms with Gasteiger partial charge in [0.15, 0.2) is 11.0 Å². The fourth-order valence-corrected chi connectivity index (χ4v) is 4.02. The molecule has 1 amide bonds. The van der Waals surface area contributed by atoms with Crippen molar-refractivity contribution >= 4 is 46.6 Å². The molecule has 0 fully saturated rings. The van der Waals surface area contributed by atoms with Crippen LogP contribution in [-0.4, -0.2) is 32.1 Å². The van der Waals surface area contributed by atoms with E-state index >= 15 is 0 Å². The third-order valence-electron chi connectivity index (χ3n) is 4.69. The zero-order chi connectivity index (χ0) is 23.2. The van der Waals surface area contributed by atoms with Gasteiger partial charge in [-0.3, -0.25) is 9.36 Å². The second-order valence-electron chi connectivity index (χ2n) is 7.01. The van der Waals surface area contributed by atoms with E-state index in [0.29, 0.717) is 21.0 Å². The lowest BCUT2D eigenvalue weighted by Gasteiger charge is -2.10. The first-order valence-electron chi connectivity index (χ1n) is 10.00. The second-order valence-corrected chi connectivity index (χ2v) is 8.83. The molecule has 0 saturated carbocycles. The molecule has 0 aliphatic heterocycles. The summed E-state index contributed by atoms with van der Waals surface area (Å²) in [4.78, 5) is 12.4. The fourth-order valence-electron chi connectivity index (χ4n) is 3.02. The molecule has 0 aliphatic carbocycles. The van der Waals surface area contributed by atoms with Crippen LogP contribution in [0.3, 0.4) is 0 Å². The van der Waals surface area contributed by atoms with Crippen molar-refractivity contribution < 1.29 is 4.79 Å². The molecule has 1 N–H and O–H groups in total. The molecule has 4 rings (SSSR count). The van der Waals surface area contributed by atoms with Gasteiger partial charge < -0.3 is 0 Å². The molecule has 0 spiro atoms. The van der Waals surface area contributed by atoms with E-state index < -0.39 is 0 Å². The maximum absolute atomic E-state index is 12.4. The molecule has 0 aliphatic rings. The minimum atomic E-state index is -0.242. The third kappa shape index (κ3) is 5.82. The molecule has 166 valence electrons. The van der Waals surface area contributed by atoms with Crippen LogP contribution in [-0.2, 0) is 4.79 Å². The number of hydrogen-bond donors (Lipinski definition) is 1. The van der Waals surface area contributed by atoms with E-state index in [1.807, 2.05) is 66.1 Å². The highest BCUT2D eigenvalue weighted by Gasteiger charge is 2.17. The van der Waals surface area contributed by atoms with Gasteiger partial charge in [-0.1, -0.05) is 65.3 Å². The molecule has 4 aromatic rings. The largest absolute Gasteiger partial charge is 0.272 e. The maximum Gasteiger partial charge on any atom is 0.250 e. The van der Waals surface area contributed by atoms with Crippen LogP contribution in [0.4, 0.5) is 0 Å². The summed E-state index contributed by atoms with van der Waals surface area (Å²) in [5.41, 5.74) is 5.95. The molecule has 0 radical (unpaired) electrons. The molecule has 33 heavy (non-hydrogen) atoms. The van der Waals surface area contributed by atoms with Gasteiger partial charge in [-0.05, 0) is 61.0 Å². The number of benzene rings is 3. The summed E-state index contributed by atoms with van der Waals surface area (Å²) in [6, 6.07) is 24.3. The molecular formula is C24H19Cl2N5OS. The van der Waals surface area contributed by atoms with Crippen molar-refractivity contribution in [3.05, 3.63) is 94.5 Å². The van der Waals surface area contributed by atoms with E-state index in [0.717, 1.165) is 22.5 Å². The van der Waals surface area contributed by atoms with E-state index in [-0.39, 0.29) is 11.7 Å². The van der Waals surface area contributed by atoms with Gasteiger partial charge in [0.1, 0.15) is 0 Å². The van der Waals surface area contributed by atoms with Crippen LogP contribution in [0.1, 0.15) is 12.5 Å². The zero-order valence-corrected chi connectivity index (χ0v) is 19.9. The van der Waals surface area contributed by atoms with E-state index in [9.17, 15) is 4.79 Å². The second kappa shape index (κ2) is 10.7. The van der Waals surface area contributed by atoms with Crippen LogP contribution < -0.4 is 5.43 Å². The fraction of sp³-hybridized carbons (Fsp3) is 0.0833. The first-order valence-corrected chi connectivity index (χ1v) is 11.7. The quantitative estimate of drug-likeness (QED) is 0.197. The van der Waals surface area contributed by atoms with Gasteiger partial charge >= 0.3 is 0 Å². The van der Waals surface area contributed by atoms with Crippen LogP contribution in [0.15, 0.2) is 89.1 Å². The van der Waals surface area contributed by atoms with E-state index in [1.54, 1.807) is 24.3 Å². The van der Waals surface area contributed by atoms with Crippen molar-refractivity contribution in [2.45, 2.75) is 12.1 Å². The van der Waals surface area contributed by atoms with Gasteiger partial charge in [-0.25, -0.2) is 5.43 Å². The topological polar surface area (TPSA) is 72.2 Å². The molecule has 9 heteroatoms. The highest BCUT2D eigenvalue weighted by Crippen LogP contribution is 2.29. The van der Waals surface area contributed by atoms with Crippen molar-refractivity contribution in [1.82, 2.24) is 20.2 Å². The van der Waals surface area contributed by atoms with Crippen LogP contribution in [0, 0.1) is 0 Å². The molecule has 6 nitrogen and oxygen atoms in total. The number of carbonyl (C=O) groups excluding carboxylic acids is 1. The van der Waals surface area contributed by atoms with Crippen LogP contribution >= 0.6 is 35.0 Å². The summed E-state index contributed by atoms with van der Waals surface area (Å²) in [5.74, 6) is 0.515. The lowest BCUT2D eigenvalue weighted by Crippen LogP contribution is -2.21. The number of thioether (sulfide) groups is 1. The number of hydrogen-bond acceptors (Lipinski definition) is 5. The summed E-state index contributed by atoms with van der Waals surface area (Å²) in [5, 5.41) is 14.7. The van der Waals surface area contributed by atoms with Crippen molar-refractivity contribution in [3.63, 3.8) is 0 Å². The Morgan fingerprint density at radius 3 is 2.24 bits per heavy atom. The Balaban J connectivity index is 1.54. The SMILES string of the molecule is C/C(=N/NC(=O)CSc1nnc(-c2ccc(Cl)cc2)n1-c1ccc(Cl)cc1)c1ccccc1. The standard InChI is InChI=1S/C24H19Cl2N5OS/c1-16(17-5-3-2-4-6-17)27-28-22(32)15-33-24-30-29-23(18-7-9-19(25)10-8-18)31(24)21-13-11-20(26)12-14-21/h2-14H,15H2,1H3,(H,28,32)/b27-16-. The van der Waals surface area contributed by atoms with Gasteiger partial charge in [0.05, 0.1) is 11.5 Å². The van der Waals surface area contributed by atoms with E-state index in [1.165, 1.54) is 11.8 Å². The number of nitrogens with zero attached hydrogens (tertiary/aromatic N) is 4. The summed E-state index contributed by atoms with van der Waals surface area (Å²) < 4.78 is 1.88. The number of nitrogens with one attached hydrogen (secondary N) is 1. The molecule has 0 saturated heterocycles. The molecule has 1 heterocycles. The Morgan fingerprint density at radius 2 is 1.58 bits per heavy atom. The Morgan fingerprint density at radius 1 is 0.939 bits per heavy atom. The lowest BCUT2D eigenvalue weighted by atomic mass is 10.1. The number of hydrazone groups is 1. The Hall–Kier alpha value is -3.13. The van der Waals surface area contributed by atoms with Gasteiger partial charge in [-0.2, -0.15) is 5.10 Å². The van der Waals surface area contributed by atoms with Crippen LogP contribution in [0.2, 0.25) is 10.0 Å². The zero-order valence-electron chi connectivity index (χ0n) is 17.6. The number of rotatable bonds is 7. The smallest absolute Gasteiger partial charge is 0.250 e. The predicted octanol–water partition coefficient (Wildman–Crippen LogP) is 5.87. The number of halogens is 2. The third-order valence-corrected chi connectivity index (χ3v) is 6.13. The Labute approximate surface area is 205 Å². The van der Waals surface area contributed by atoms with Gasteiger partial charge in [0.2, 0.25) is 0 Å². The number of carbonyl (C=O) groups is 1. The molecule has 3 aromatic carbocycles. The van der Waals surface area contributed by atoms with Crippen LogP contribution in [0.25, 0.3) is 17.1 Å². The predicted molar refractivity (Wildman–Crippen MR) is 134 cm³/mol. The van der Waals surface area contributed by atoms with Gasteiger partial charge in [-0.15, -0.1) is 10.2 Å². The molecule has 0 unspecified atom stereocenters. The summed E-state index contributed by atoms with van der Waals surface area (Å²) in [6.07, 6.45) is 0. The number of amides is 1. The monoisotopic (exact) mass is 495 g/mol. The highest BCUT2D eigenvalue weighted by atomic mass is 35.5. The first kappa shape index (κ1) is 23.0. The maximum atomic E-state index is 12.4. The van der Waals surface area contributed by atoms with E-state index in [4.69, 9.17) is 23.2 Å². The Bertz CT molecular complexity index is 1270. The van der Waals surface area contributed by atoms with Gasteiger partial charge in [0, 0.05) is 21.3 Å². The summed E-state index contributed by atoms with van der Waals surface area (Å²) in [6.45, 7) is 1.85. The van der Waals surface area contributed by atoms with Crippen molar-refractivity contribution in [1.29, 1.82) is 0 Å². The van der Waals surface area contributed by atoms with Crippen molar-refractivity contribution in [2.75, 3.05) is 5.75 Å². The normalized spacial score (nSPS) is 11.4. The minimum Gasteiger partial charge on any atom is -0.272 e. The summed E-state index contributed by atoms with van der Waals surface area (Å²) >= 11 is 13.4.